The van der Waals surface area contributed by atoms with Gasteiger partial charge in [-0.05, 0) is 18.2 Å². The van der Waals surface area contributed by atoms with E-state index >= 15 is 0 Å². The Morgan fingerprint density at radius 2 is 2.04 bits per heavy atom. The van der Waals surface area contributed by atoms with E-state index in [2.05, 4.69) is 29.6 Å². The summed E-state index contributed by atoms with van der Waals surface area (Å²) in [7, 11) is -1.19. The molecule has 2 heterocycles. The lowest BCUT2D eigenvalue weighted by Gasteiger charge is -2.16. The second-order valence-electron chi connectivity index (χ2n) is 7.52. The maximum atomic E-state index is 14.2. The van der Waals surface area contributed by atoms with Gasteiger partial charge in [-0.15, -0.1) is 0 Å². The fourth-order valence-corrected chi connectivity index (χ4v) is 3.27. The van der Waals surface area contributed by atoms with Crippen LogP contribution in [-0.2, 0) is 11.5 Å². The van der Waals surface area contributed by atoms with E-state index in [4.69, 9.17) is 9.47 Å². The Labute approximate surface area is 162 Å². The lowest BCUT2D eigenvalue weighted by molar-refractivity contribution is -0.385. The predicted molar refractivity (Wildman–Crippen MR) is 105 cm³/mol. The van der Waals surface area contributed by atoms with E-state index in [9.17, 15) is 14.5 Å². The van der Waals surface area contributed by atoms with Crippen LogP contribution in [0.25, 0.3) is 11.0 Å². The van der Waals surface area contributed by atoms with Crippen LogP contribution in [0.3, 0.4) is 0 Å². The van der Waals surface area contributed by atoms with Crippen LogP contribution < -0.4 is 4.74 Å². The molecule has 0 bridgehead atoms. The van der Waals surface area contributed by atoms with Crippen molar-refractivity contribution in [2.45, 2.75) is 32.4 Å². The van der Waals surface area contributed by atoms with Gasteiger partial charge in [-0.1, -0.05) is 19.6 Å². The first-order valence-corrected chi connectivity index (χ1v) is 12.4. The molecule has 0 saturated carbocycles. The Morgan fingerprint density at radius 1 is 1.25 bits per heavy atom. The van der Waals surface area contributed by atoms with Gasteiger partial charge in [0.25, 0.3) is 5.69 Å². The van der Waals surface area contributed by atoms with Crippen LogP contribution in [0.2, 0.25) is 25.7 Å². The van der Waals surface area contributed by atoms with Crippen molar-refractivity contribution in [3.05, 3.63) is 52.7 Å². The second kappa shape index (κ2) is 8.03. The number of nitro groups is 1. The van der Waals surface area contributed by atoms with E-state index in [1.807, 2.05) is 0 Å². The molecule has 0 N–H and O–H groups in total. The molecule has 8 nitrogen and oxygen atoms in total. The molecule has 0 aliphatic rings. The number of benzene rings is 1. The zero-order chi connectivity index (χ0) is 20.3. The summed E-state index contributed by atoms with van der Waals surface area (Å²) in [6, 6.07) is 6.03. The molecule has 0 fully saturated rings. The van der Waals surface area contributed by atoms with Crippen LogP contribution in [0.15, 0.2) is 36.8 Å². The van der Waals surface area contributed by atoms with Gasteiger partial charge in [0.1, 0.15) is 18.6 Å². The minimum Gasteiger partial charge on any atom is -0.434 e. The summed E-state index contributed by atoms with van der Waals surface area (Å²) in [5, 5.41) is 10.8. The third-order valence-corrected chi connectivity index (χ3v) is 5.78. The topological polar surface area (TPSA) is 92.3 Å². The van der Waals surface area contributed by atoms with E-state index in [0.717, 1.165) is 12.1 Å². The maximum absolute atomic E-state index is 14.2. The van der Waals surface area contributed by atoms with Crippen LogP contribution >= 0.6 is 0 Å². The number of halogens is 1. The van der Waals surface area contributed by atoms with Crippen LogP contribution in [-0.4, -0.2) is 34.1 Å². The van der Waals surface area contributed by atoms with E-state index < -0.39 is 18.8 Å². The highest BCUT2D eigenvalue weighted by Crippen LogP contribution is 2.30. The molecule has 0 aliphatic heterocycles. The molecule has 0 unspecified atom stereocenters. The van der Waals surface area contributed by atoms with Gasteiger partial charge in [0.15, 0.2) is 11.6 Å². The normalized spacial score (nSPS) is 11.7. The van der Waals surface area contributed by atoms with E-state index in [-0.39, 0.29) is 17.3 Å². The first-order chi connectivity index (χ1) is 13.2. The molecule has 0 saturated heterocycles. The zero-order valence-corrected chi connectivity index (χ0v) is 16.9. The number of fused-ring (bicyclic) bond motifs is 1. The number of hydrogen-bond acceptors (Lipinski definition) is 6. The van der Waals surface area contributed by atoms with Gasteiger partial charge in [0, 0.05) is 26.9 Å². The van der Waals surface area contributed by atoms with Crippen LogP contribution in [0, 0.1) is 15.9 Å². The van der Waals surface area contributed by atoms with Crippen molar-refractivity contribution < 1.29 is 18.8 Å². The van der Waals surface area contributed by atoms with E-state index in [1.165, 1.54) is 18.5 Å². The largest absolute Gasteiger partial charge is 0.434 e. The first kappa shape index (κ1) is 19.9. The molecule has 0 aliphatic carbocycles. The minimum atomic E-state index is -1.19. The quantitative estimate of drug-likeness (QED) is 0.236. The fraction of sp³-hybridized carbons (Fsp3) is 0.333. The van der Waals surface area contributed by atoms with Crippen molar-refractivity contribution in [2.75, 3.05) is 6.61 Å². The Hall–Kier alpha value is -2.85. The molecule has 0 radical (unpaired) electrons. The van der Waals surface area contributed by atoms with Crippen LogP contribution in [0.1, 0.15) is 0 Å². The molecular weight excluding hydrogens is 383 g/mol. The monoisotopic (exact) mass is 404 g/mol. The van der Waals surface area contributed by atoms with Crippen molar-refractivity contribution in [1.29, 1.82) is 0 Å². The third-order valence-electron chi connectivity index (χ3n) is 4.08. The highest BCUT2D eigenvalue weighted by Gasteiger charge is 2.17. The van der Waals surface area contributed by atoms with E-state index in [1.54, 1.807) is 16.8 Å². The van der Waals surface area contributed by atoms with Crippen LogP contribution in [0.5, 0.6) is 11.6 Å². The lowest BCUT2D eigenvalue weighted by Crippen LogP contribution is -2.22. The van der Waals surface area contributed by atoms with Crippen molar-refractivity contribution in [3.63, 3.8) is 0 Å². The van der Waals surface area contributed by atoms with Crippen molar-refractivity contribution >= 4 is 24.8 Å². The maximum Gasteiger partial charge on any atom is 0.272 e. The van der Waals surface area contributed by atoms with Gasteiger partial charge < -0.3 is 14.0 Å². The Bertz CT molecular complexity index is 1000. The SMILES string of the molecule is C[Si](C)(C)CCOCn1ccc2ncnc(Oc3ccc([N+](=O)[O-])cc3F)c21. The molecule has 3 rings (SSSR count). The van der Waals surface area contributed by atoms with Gasteiger partial charge in [0.2, 0.25) is 5.88 Å². The first-order valence-electron chi connectivity index (χ1n) is 8.74. The van der Waals surface area contributed by atoms with Gasteiger partial charge >= 0.3 is 0 Å². The number of hydrogen-bond donors (Lipinski definition) is 0. The Kier molecular flexibility index (Phi) is 5.70. The van der Waals surface area contributed by atoms with Gasteiger partial charge in [-0.2, -0.15) is 4.98 Å². The summed E-state index contributed by atoms with van der Waals surface area (Å²) in [5.74, 6) is -0.847. The third kappa shape index (κ3) is 4.70. The molecule has 148 valence electrons. The molecule has 0 spiro atoms. The van der Waals surface area contributed by atoms with Crippen molar-refractivity contribution in [1.82, 2.24) is 14.5 Å². The number of nitro benzene ring substituents is 1. The average Bonchev–Trinajstić information content (AvgIpc) is 3.03. The van der Waals surface area contributed by atoms with Crippen LogP contribution in [0.4, 0.5) is 10.1 Å². The molecule has 0 amide bonds. The standard InChI is InChI=1S/C18H21FN4O4Si/c1-28(2,3)9-8-26-12-22-7-6-15-17(22)18(21-11-20-15)27-16-5-4-13(23(24)25)10-14(16)19/h4-7,10-11H,8-9,12H2,1-3H3. The van der Waals surface area contributed by atoms with Crippen molar-refractivity contribution in [3.8, 4) is 11.6 Å². The Morgan fingerprint density at radius 3 is 2.71 bits per heavy atom. The smallest absolute Gasteiger partial charge is 0.272 e. The highest BCUT2D eigenvalue weighted by molar-refractivity contribution is 6.76. The summed E-state index contributed by atoms with van der Waals surface area (Å²) in [6.45, 7) is 7.77. The van der Waals surface area contributed by atoms with Gasteiger partial charge in [-0.25, -0.2) is 9.37 Å². The Balaban J connectivity index is 1.82. The molecule has 0 atom stereocenters. The lowest BCUT2D eigenvalue weighted by atomic mass is 10.3. The predicted octanol–water partition coefficient (Wildman–Crippen LogP) is 4.58. The highest BCUT2D eigenvalue weighted by atomic mass is 28.3. The molecular formula is C18H21FN4O4Si. The van der Waals surface area contributed by atoms with Crippen molar-refractivity contribution in [2.24, 2.45) is 0 Å². The molecule has 2 aromatic heterocycles. The molecule has 1 aromatic carbocycles. The molecule has 10 heteroatoms. The summed E-state index contributed by atoms with van der Waals surface area (Å²) < 4.78 is 27.3. The van der Waals surface area contributed by atoms with Gasteiger partial charge in [0.05, 0.1) is 16.5 Å². The van der Waals surface area contributed by atoms with E-state index in [0.29, 0.717) is 24.4 Å². The minimum absolute atomic E-state index is 0.150. The second-order valence-corrected chi connectivity index (χ2v) is 13.1. The number of nitrogens with zero attached hydrogens (tertiary/aromatic N) is 4. The molecule has 28 heavy (non-hydrogen) atoms. The summed E-state index contributed by atoms with van der Waals surface area (Å²) in [6.07, 6.45) is 3.12. The zero-order valence-electron chi connectivity index (χ0n) is 15.9. The number of rotatable bonds is 8. The fourth-order valence-electron chi connectivity index (χ4n) is 2.52. The summed E-state index contributed by atoms with van der Waals surface area (Å²) in [5.41, 5.74) is 0.839. The number of ether oxygens (including phenoxy) is 2. The average molecular weight is 404 g/mol. The summed E-state index contributed by atoms with van der Waals surface area (Å²) >= 11 is 0. The summed E-state index contributed by atoms with van der Waals surface area (Å²) in [4.78, 5) is 18.4. The number of aromatic nitrogens is 3. The molecule has 3 aromatic rings. The number of non-ortho nitro benzene ring substituents is 1. The van der Waals surface area contributed by atoms with Gasteiger partial charge in [-0.3, -0.25) is 10.1 Å².